The molecule has 11 nitrogen and oxygen atoms in total. The van der Waals surface area contributed by atoms with Crippen molar-refractivity contribution >= 4 is 34.6 Å². The molecule has 11 heteroatoms. The van der Waals surface area contributed by atoms with Crippen LogP contribution in [0.1, 0.15) is 6.42 Å². The van der Waals surface area contributed by atoms with Gasteiger partial charge in [-0.3, -0.25) is 0 Å². The Morgan fingerprint density at radius 2 is 1.52 bits per heavy atom. The van der Waals surface area contributed by atoms with Gasteiger partial charge in [0, 0.05) is 44.7 Å². The normalized spacial score (nSPS) is 14.9. The summed E-state index contributed by atoms with van der Waals surface area (Å²) in [5.41, 5.74) is 12.8. The summed E-state index contributed by atoms with van der Waals surface area (Å²) in [6.07, 6.45) is 0.908. The van der Waals surface area contributed by atoms with Gasteiger partial charge in [-0.25, -0.2) is 9.67 Å². The van der Waals surface area contributed by atoms with Crippen LogP contribution in [0, 0.1) is 0 Å². The zero-order chi connectivity index (χ0) is 20.5. The van der Waals surface area contributed by atoms with Gasteiger partial charge in [0.2, 0.25) is 17.8 Å². The number of methoxy groups -OCH3 is 2. The first kappa shape index (κ1) is 18.8. The lowest BCUT2D eigenvalue weighted by molar-refractivity contribution is 0.356. The monoisotopic (exact) mass is 399 g/mol. The number of hydrogen-bond donors (Lipinski definition) is 2. The Labute approximate surface area is 168 Å². The number of anilines is 4. The van der Waals surface area contributed by atoms with Gasteiger partial charge in [0.1, 0.15) is 5.82 Å². The third-order valence-corrected chi connectivity index (χ3v) is 5.07. The van der Waals surface area contributed by atoms with Crippen molar-refractivity contribution in [3.05, 3.63) is 12.1 Å². The number of nitrogen functional groups attached to an aromatic ring is 2. The van der Waals surface area contributed by atoms with Gasteiger partial charge in [0.05, 0.1) is 19.7 Å². The molecule has 2 aromatic heterocycles. The fourth-order valence-electron chi connectivity index (χ4n) is 3.44. The highest BCUT2D eigenvalue weighted by atomic mass is 16.5. The van der Waals surface area contributed by atoms with Crippen molar-refractivity contribution in [3.63, 3.8) is 0 Å². The third kappa shape index (κ3) is 3.50. The Morgan fingerprint density at radius 3 is 2.14 bits per heavy atom. The van der Waals surface area contributed by atoms with Gasteiger partial charge < -0.3 is 30.7 Å². The summed E-state index contributed by atoms with van der Waals surface area (Å²) in [6.45, 7) is 3.08. The van der Waals surface area contributed by atoms with Crippen LogP contribution in [0.5, 0.6) is 11.5 Å². The number of rotatable bonds is 4. The standard InChI is InChI=1S/C18H25N9O2/c1-25-16(20)23-18(24-25)27-6-4-5-26(7-8-27)17-21-12-10-14(29-3)13(28-2)9-11(12)15(19)22-17/h9-10H,4-8H2,1-3H3,(H2,19,21,22)(H2,20,23,24). The molecule has 3 aromatic rings. The maximum atomic E-state index is 6.23. The molecule has 0 saturated carbocycles. The van der Waals surface area contributed by atoms with Crippen molar-refractivity contribution in [3.8, 4) is 11.5 Å². The molecule has 0 unspecified atom stereocenters. The number of hydrogen-bond acceptors (Lipinski definition) is 10. The number of aryl methyl sites for hydroxylation is 1. The number of benzene rings is 1. The molecule has 0 amide bonds. The first-order valence-electron chi connectivity index (χ1n) is 9.35. The van der Waals surface area contributed by atoms with Gasteiger partial charge in [-0.2, -0.15) is 9.97 Å². The summed E-state index contributed by atoms with van der Waals surface area (Å²) in [5, 5.41) is 5.11. The third-order valence-electron chi connectivity index (χ3n) is 5.07. The predicted molar refractivity (Wildman–Crippen MR) is 112 cm³/mol. The van der Waals surface area contributed by atoms with E-state index in [1.807, 2.05) is 6.07 Å². The highest BCUT2D eigenvalue weighted by Crippen LogP contribution is 2.34. The van der Waals surface area contributed by atoms with Crippen molar-refractivity contribution < 1.29 is 9.47 Å². The number of nitrogens with two attached hydrogens (primary N) is 2. The van der Waals surface area contributed by atoms with Gasteiger partial charge in [-0.05, 0) is 12.5 Å². The van der Waals surface area contributed by atoms with Crippen molar-refractivity contribution in [2.24, 2.45) is 7.05 Å². The highest BCUT2D eigenvalue weighted by Gasteiger charge is 2.21. The van der Waals surface area contributed by atoms with E-state index in [0.29, 0.717) is 40.7 Å². The topological polar surface area (TPSA) is 133 Å². The van der Waals surface area contributed by atoms with E-state index in [9.17, 15) is 0 Å². The molecular formula is C18H25N9O2. The first-order chi connectivity index (χ1) is 14.0. The molecule has 0 radical (unpaired) electrons. The van der Waals surface area contributed by atoms with Crippen LogP contribution in [-0.4, -0.2) is 65.1 Å². The van der Waals surface area contributed by atoms with Crippen molar-refractivity contribution in [1.29, 1.82) is 0 Å². The summed E-state index contributed by atoms with van der Waals surface area (Å²) in [6, 6.07) is 3.62. The molecule has 1 aliphatic rings. The maximum Gasteiger partial charge on any atom is 0.246 e. The molecule has 1 aromatic carbocycles. The van der Waals surface area contributed by atoms with Crippen LogP contribution in [0.4, 0.5) is 23.7 Å². The first-order valence-corrected chi connectivity index (χ1v) is 9.35. The number of fused-ring (bicyclic) bond motifs is 1. The van der Waals surface area contributed by atoms with Gasteiger partial charge in [0.25, 0.3) is 0 Å². The Balaban J connectivity index is 1.60. The number of aromatic nitrogens is 5. The van der Waals surface area contributed by atoms with E-state index in [1.54, 1.807) is 32.0 Å². The van der Waals surface area contributed by atoms with Gasteiger partial charge in [-0.1, -0.05) is 0 Å². The zero-order valence-corrected chi connectivity index (χ0v) is 16.8. The van der Waals surface area contributed by atoms with Crippen molar-refractivity contribution in [2.45, 2.75) is 6.42 Å². The molecule has 4 N–H and O–H groups in total. The Bertz CT molecular complexity index is 1020. The summed E-state index contributed by atoms with van der Waals surface area (Å²) in [5.74, 6) is 3.24. The molecule has 29 heavy (non-hydrogen) atoms. The smallest absolute Gasteiger partial charge is 0.246 e. The van der Waals surface area contributed by atoms with Crippen LogP contribution < -0.4 is 30.7 Å². The van der Waals surface area contributed by atoms with Crippen LogP contribution >= 0.6 is 0 Å². The molecule has 0 bridgehead atoms. The number of nitrogens with zero attached hydrogens (tertiary/aromatic N) is 7. The summed E-state index contributed by atoms with van der Waals surface area (Å²) < 4.78 is 12.3. The minimum Gasteiger partial charge on any atom is -0.493 e. The van der Waals surface area contributed by atoms with E-state index in [2.05, 4.69) is 24.9 Å². The minimum atomic E-state index is 0.399. The van der Waals surface area contributed by atoms with Crippen molar-refractivity contribution in [2.75, 3.05) is 61.7 Å². The second kappa shape index (κ2) is 7.49. The zero-order valence-electron chi connectivity index (χ0n) is 16.8. The van der Waals surface area contributed by atoms with E-state index >= 15 is 0 Å². The molecule has 1 saturated heterocycles. The SMILES string of the molecule is COc1cc2nc(N3CCCN(c4nc(N)n(C)n4)CC3)nc(N)c2cc1OC. The molecule has 3 heterocycles. The molecule has 4 rings (SSSR count). The fourth-order valence-corrected chi connectivity index (χ4v) is 3.44. The lowest BCUT2D eigenvalue weighted by atomic mass is 10.2. The molecule has 0 aliphatic carbocycles. The Hall–Kier alpha value is -3.50. The lowest BCUT2D eigenvalue weighted by Gasteiger charge is -2.22. The summed E-state index contributed by atoms with van der Waals surface area (Å²) >= 11 is 0. The molecule has 1 fully saturated rings. The van der Waals surface area contributed by atoms with E-state index in [4.69, 9.17) is 25.9 Å². The van der Waals surface area contributed by atoms with E-state index in [-0.39, 0.29) is 0 Å². The Kier molecular flexibility index (Phi) is 4.87. The predicted octanol–water partition coefficient (Wildman–Crippen LogP) is 0.657. The van der Waals surface area contributed by atoms with Crippen LogP contribution in [0.15, 0.2) is 12.1 Å². The number of ether oxygens (including phenoxy) is 2. The molecule has 0 atom stereocenters. The van der Waals surface area contributed by atoms with Crippen LogP contribution in [0.3, 0.4) is 0 Å². The highest BCUT2D eigenvalue weighted by molar-refractivity contribution is 5.91. The van der Waals surface area contributed by atoms with E-state index in [1.165, 1.54) is 0 Å². The largest absolute Gasteiger partial charge is 0.493 e. The van der Waals surface area contributed by atoms with Gasteiger partial charge in [-0.15, -0.1) is 5.10 Å². The van der Waals surface area contributed by atoms with E-state index < -0.39 is 0 Å². The van der Waals surface area contributed by atoms with Crippen molar-refractivity contribution in [1.82, 2.24) is 24.7 Å². The van der Waals surface area contributed by atoms with Crippen LogP contribution in [0.25, 0.3) is 10.9 Å². The summed E-state index contributed by atoms with van der Waals surface area (Å²) in [4.78, 5) is 17.8. The van der Waals surface area contributed by atoms with E-state index in [0.717, 1.165) is 38.0 Å². The average molecular weight is 399 g/mol. The second-order valence-corrected chi connectivity index (χ2v) is 6.85. The van der Waals surface area contributed by atoms with Crippen LogP contribution in [0.2, 0.25) is 0 Å². The lowest BCUT2D eigenvalue weighted by Crippen LogP contribution is -2.32. The average Bonchev–Trinajstić information content (AvgIpc) is 2.92. The molecule has 0 spiro atoms. The van der Waals surface area contributed by atoms with Crippen LogP contribution in [-0.2, 0) is 7.05 Å². The summed E-state index contributed by atoms with van der Waals surface area (Å²) in [7, 11) is 4.96. The second-order valence-electron chi connectivity index (χ2n) is 6.85. The molecule has 1 aliphatic heterocycles. The quantitative estimate of drug-likeness (QED) is 0.644. The Morgan fingerprint density at radius 1 is 0.862 bits per heavy atom. The molecular weight excluding hydrogens is 374 g/mol. The van der Waals surface area contributed by atoms with Gasteiger partial charge in [0.15, 0.2) is 11.5 Å². The minimum absolute atomic E-state index is 0.399. The fraction of sp³-hybridized carbons (Fsp3) is 0.444. The van der Waals surface area contributed by atoms with Gasteiger partial charge >= 0.3 is 0 Å². The maximum absolute atomic E-state index is 6.23. The molecule has 154 valence electrons.